The Kier molecular flexibility index (Phi) is 3.17. The van der Waals surface area contributed by atoms with Crippen LogP contribution in [0.25, 0.3) is 16.2 Å². The molecular formula is C12H10N4O3S. The zero-order valence-electron chi connectivity index (χ0n) is 10.5. The highest BCUT2D eigenvalue weighted by atomic mass is 32.1. The van der Waals surface area contributed by atoms with E-state index in [2.05, 4.69) is 10.1 Å². The summed E-state index contributed by atoms with van der Waals surface area (Å²) in [6.07, 6.45) is 1.75. The summed E-state index contributed by atoms with van der Waals surface area (Å²) in [6, 6.07) is 6.39. The van der Waals surface area contributed by atoms with E-state index in [-0.39, 0.29) is 5.69 Å². The summed E-state index contributed by atoms with van der Waals surface area (Å²) in [4.78, 5) is 15.5. The molecule has 3 rings (SSSR count). The Bertz CT molecular complexity index is 748. The highest BCUT2D eigenvalue weighted by Gasteiger charge is 2.12. The number of aromatic nitrogens is 3. The molecule has 0 radical (unpaired) electrons. The molecule has 20 heavy (non-hydrogen) atoms. The van der Waals surface area contributed by atoms with Gasteiger partial charge in [0.2, 0.25) is 4.96 Å². The molecule has 0 saturated carbocycles. The molecule has 0 spiro atoms. The van der Waals surface area contributed by atoms with Gasteiger partial charge >= 0.3 is 0 Å². The Morgan fingerprint density at radius 1 is 1.50 bits per heavy atom. The van der Waals surface area contributed by atoms with E-state index < -0.39 is 4.92 Å². The van der Waals surface area contributed by atoms with Gasteiger partial charge in [0, 0.05) is 24.8 Å². The van der Waals surface area contributed by atoms with Crippen molar-refractivity contribution in [2.75, 3.05) is 7.11 Å². The lowest BCUT2D eigenvalue weighted by Crippen LogP contribution is -1.89. The van der Waals surface area contributed by atoms with Crippen molar-refractivity contribution < 1.29 is 9.66 Å². The Hall–Kier alpha value is -2.32. The summed E-state index contributed by atoms with van der Waals surface area (Å²) in [6.45, 7) is 0.445. The quantitative estimate of drug-likeness (QED) is 0.544. The molecule has 2 heterocycles. The third-order valence-corrected chi connectivity index (χ3v) is 3.60. The number of methoxy groups -OCH3 is 1. The molecule has 0 bridgehead atoms. The standard InChI is InChI=1S/C12H10N4O3S/c1-19-7-11-14-15-6-10(13-12(15)20-11)8-3-2-4-9(5-8)16(17)18/h2-6H,7H2,1H3. The first-order chi connectivity index (χ1) is 9.67. The zero-order chi connectivity index (χ0) is 14.1. The summed E-state index contributed by atoms with van der Waals surface area (Å²) >= 11 is 1.43. The zero-order valence-corrected chi connectivity index (χ0v) is 11.3. The summed E-state index contributed by atoms with van der Waals surface area (Å²) in [5.41, 5.74) is 1.41. The molecule has 2 aromatic heterocycles. The van der Waals surface area contributed by atoms with E-state index in [4.69, 9.17) is 4.74 Å². The van der Waals surface area contributed by atoms with Gasteiger partial charge in [-0.05, 0) is 0 Å². The normalized spacial score (nSPS) is 11.1. The maximum absolute atomic E-state index is 10.8. The molecule has 7 nitrogen and oxygen atoms in total. The molecule has 0 aliphatic carbocycles. The van der Waals surface area contributed by atoms with Crippen molar-refractivity contribution >= 4 is 22.0 Å². The van der Waals surface area contributed by atoms with Crippen LogP contribution in [0.3, 0.4) is 0 Å². The minimum absolute atomic E-state index is 0.0480. The average molecular weight is 290 g/mol. The summed E-state index contributed by atoms with van der Waals surface area (Å²) in [5.74, 6) is 0. The van der Waals surface area contributed by atoms with Crippen molar-refractivity contribution in [3.63, 3.8) is 0 Å². The number of hydrogen-bond donors (Lipinski definition) is 0. The molecule has 0 fully saturated rings. The third-order valence-electron chi connectivity index (χ3n) is 2.71. The second-order valence-corrected chi connectivity index (χ2v) is 5.13. The number of benzene rings is 1. The number of imidazole rings is 1. The van der Waals surface area contributed by atoms with E-state index in [1.807, 2.05) is 0 Å². The Labute approximate surface area is 117 Å². The predicted octanol–water partition coefficient (Wildman–Crippen LogP) is 2.51. The first-order valence-corrected chi connectivity index (χ1v) is 6.58. The summed E-state index contributed by atoms with van der Waals surface area (Å²) in [5, 5.41) is 15.9. The third kappa shape index (κ3) is 2.26. The van der Waals surface area contributed by atoms with Gasteiger partial charge in [-0.1, -0.05) is 23.5 Å². The second-order valence-electron chi connectivity index (χ2n) is 4.09. The van der Waals surface area contributed by atoms with E-state index in [9.17, 15) is 10.1 Å². The lowest BCUT2D eigenvalue weighted by Gasteiger charge is -1.96. The molecule has 0 atom stereocenters. The van der Waals surface area contributed by atoms with Crippen LogP contribution >= 0.6 is 11.3 Å². The number of hydrogen-bond acceptors (Lipinski definition) is 6. The second kappa shape index (κ2) is 4.99. The van der Waals surface area contributed by atoms with Crippen molar-refractivity contribution in [1.82, 2.24) is 14.6 Å². The largest absolute Gasteiger partial charge is 0.377 e. The molecule has 0 N–H and O–H groups in total. The van der Waals surface area contributed by atoms with Crippen molar-refractivity contribution in [3.05, 3.63) is 45.6 Å². The number of nitro groups is 1. The maximum atomic E-state index is 10.8. The van der Waals surface area contributed by atoms with Gasteiger partial charge in [-0.2, -0.15) is 5.10 Å². The first kappa shape index (κ1) is 12.7. The van der Waals surface area contributed by atoms with Crippen molar-refractivity contribution in [1.29, 1.82) is 0 Å². The molecule has 0 amide bonds. The number of non-ortho nitro benzene ring substituents is 1. The fourth-order valence-corrected chi connectivity index (χ4v) is 2.69. The lowest BCUT2D eigenvalue weighted by atomic mass is 10.1. The molecule has 3 aromatic rings. The minimum Gasteiger partial charge on any atom is -0.377 e. The molecule has 0 saturated heterocycles. The maximum Gasteiger partial charge on any atom is 0.270 e. The highest BCUT2D eigenvalue weighted by molar-refractivity contribution is 7.16. The van der Waals surface area contributed by atoms with Gasteiger partial charge in [0.05, 0.1) is 23.4 Å². The van der Waals surface area contributed by atoms with Crippen LogP contribution in [0.2, 0.25) is 0 Å². The first-order valence-electron chi connectivity index (χ1n) is 5.76. The van der Waals surface area contributed by atoms with Gasteiger partial charge in [-0.25, -0.2) is 9.50 Å². The smallest absolute Gasteiger partial charge is 0.270 e. The molecule has 1 aromatic carbocycles. The van der Waals surface area contributed by atoms with Crippen LogP contribution in [0.15, 0.2) is 30.5 Å². The van der Waals surface area contributed by atoms with Crippen molar-refractivity contribution in [3.8, 4) is 11.3 Å². The topological polar surface area (TPSA) is 82.6 Å². The van der Waals surface area contributed by atoms with Gasteiger partial charge in [0.15, 0.2) is 0 Å². The van der Waals surface area contributed by atoms with Crippen LogP contribution in [-0.4, -0.2) is 26.6 Å². The van der Waals surface area contributed by atoms with Crippen molar-refractivity contribution in [2.24, 2.45) is 0 Å². The molecule has 0 aliphatic rings. The van der Waals surface area contributed by atoms with Crippen LogP contribution in [-0.2, 0) is 11.3 Å². The van der Waals surface area contributed by atoms with Gasteiger partial charge in [0.1, 0.15) is 5.01 Å². The van der Waals surface area contributed by atoms with Crippen LogP contribution in [0.1, 0.15) is 5.01 Å². The Balaban J connectivity index is 1.99. The Morgan fingerprint density at radius 2 is 2.35 bits per heavy atom. The van der Waals surface area contributed by atoms with Gasteiger partial charge < -0.3 is 4.74 Å². The van der Waals surface area contributed by atoms with Crippen LogP contribution in [0.5, 0.6) is 0 Å². The lowest BCUT2D eigenvalue weighted by molar-refractivity contribution is -0.384. The molecule has 0 unspecified atom stereocenters. The van der Waals surface area contributed by atoms with Crippen molar-refractivity contribution in [2.45, 2.75) is 6.61 Å². The number of ether oxygens (including phenoxy) is 1. The highest BCUT2D eigenvalue weighted by Crippen LogP contribution is 2.25. The number of nitrogens with zero attached hydrogens (tertiary/aromatic N) is 4. The SMILES string of the molecule is COCc1nn2cc(-c3cccc([N+](=O)[O-])c3)nc2s1. The number of nitro benzene ring substituents is 1. The fraction of sp³-hybridized carbons (Fsp3) is 0.167. The summed E-state index contributed by atoms with van der Waals surface area (Å²) in [7, 11) is 1.61. The minimum atomic E-state index is -0.420. The van der Waals surface area contributed by atoms with E-state index in [0.717, 1.165) is 9.97 Å². The number of rotatable bonds is 4. The fourth-order valence-electron chi connectivity index (χ4n) is 1.84. The average Bonchev–Trinajstić information content (AvgIpc) is 2.97. The van der Waals surface area contributed by atoms with E-state index >= 15 is 0 Å². The van der Waals surface area contributed by atoms with Gasteiger partial charge in [0.25, 0.3) is 5.69 Å². The molecule has 8 heteroatoms. The molecule has 102 valence electrons. The van der Waals surface area contributed by atoms with E-state index in [0.29, 0.717) is 17.9 Å². The van der Waals surface area contributed by atoms with Crippen LogP contribution < -0.4 is 0 Å². The summed E-state index contributed by atoms with van der Waals surface area (Å²) < 4.78 is 6.68. The van der Waals surface area contributed by atoms with E-state index in [1.54, 1.807) is 30.0 Å². The Morgan fingerprint density at radius 3 is 3.05 bits per heavy atom. The number of fused-ring (bicyclic) bond motifs is 1. The van der Waals surface area contributed by atoms with Gasteiger partial charge in [-0.15, -0.1) is 0 Å². The van der Waals surface area contributed by atoms with E-state index in [1.165, 1.54) is 23.5 Å². The van der Waals surface area contributed by atoms with Gasteiger partial charge in [-0.3, -0.25) is 10.1 Å². The predicted molar refractivity (Wildman–Crippen MR) is 73.7 cm³/mol. The van der Waals surface area contributed by atoms with Crippen LogP contribution in [0, 0.1) is 10.1 Å². The molecular weight excluding hydrogens is 280 g/mol. The molecule has 0 aliphatic heterocycles. The monoisotopic (exact) mass is 290 g/mol. The van der Waals surface area contributed by atoms with Crippen LogP contribution in [0.4, 0.5) is 5.69 Å².